The maximum absolute atomic E-state index is 12.7. The van der Waals surface area contributed by atoms with E-state index in [1.165, 1.54) is 5.56 Å². The van der Waals surface area contributed by atoms with E-state index in [9.17, 15) is 4.79 Å². The first-order valence-corrected chi connectivity index (χ1v) is 11.3. The number of aliphatic imine (C=N–C) groups is 1. The molecule has 1 heterocycles. The van der Waals surface area contributed by atoms with E-state index in [-0.39, 0.29) is 5.91 Å². The summed E-state index contributed by atoms with van der Waals surface area (Å²) in [6, 6.07) is 9.91. The summed E-state index contributed by atoms with van der Waals surface area (Å²) in [5, 5.41) is 0. The maximum Gasteiger partial charge on any atom is 0.227 e. The molecule has 7 heteroatoms. The molecule has 0 unspecified atom stereocenters. The van der Waals surface area contributed by atoms with E-state index in [1.807, 2.05) is 35.4 Å². The molecule has 0 spiro atoms. The van der Waals surface area contributed by atoms with Crippen LogP contribution in [0.4, 0.5) is 0 Å². The molecule has 1 amide bonds. The second-order valence-electron chi connectivity index (χ2n) is 7.95. The molecule has 0 saturated carbocycles. The van der Waals surface area contributed by atoms with Crippen LogP contribution in [0, 0.1) is 0 Å². The van der Waals surface area contributed by atoms with Gasteiger partial charge in [-0.25, -0.2) is 0 Å². The molecule has 178 valence electrons. The number of benzene rings is 2. The minimum Gasteiger partial charge on any atom is -0.493 e. The number of methoxy groups -OCH3 is 4. The Morgan fingerprint density at radius 1 is 0.909 bits per heavy atom. The smallest absolute Gasteiger partial charge is 0.227 e. The Morgan fingerprint density at radius 2 is 1.58 bits per heavy atom. The molecule has 0 saturated heterocycles. The molecule has 0 radical (unpaired) electrons. The average molecular weight is 455 g/mol. The first-order chi connectivity index (χ1) is 16.1. The van der Waals surface area contributed by atoms with Crippen molar-refractivity contribution in [3.05, 3.63) is 47.0 Å². The van der Waals surface area contributed by atoms with Crippen LogP contribution in [0.5, 0.6) is 23.0 Å². The highest BCUT2D eigenvalue weighted by molar-refractivity contribution is 5.80. The summed E-state index contributed by atoms with van der Waals surface area (Å²) in [5.41, 5.74) is 3.36. The third-order valence-corrected chi connectivity index (χ3v) is 5.91. The summed E-state index contributed by atoms with van der Waals surface area (Å²) < 4.78 is 21.4. The number of nitrogens with zero attached hydrogens (tertiary/aromatic N) is 2. The van der Waals surface area contributed by atoms with Crippen LogP contribution >= 0.6 is 0 Å². The Bertz CT molecular complexity index is 973. The minimum atomic E-state index is 0.142. The van der Waals surface area contributed by atoms with Crippen LogP contribution in [0.25, 0.3) is 0 Å². The zero-order valence-electron chi connectivity index (χ0n) is 20.1. The quantitative estimate of drug-likeness (QED) is 0.382. The highest BCUT2D eigenvalue weighted by Crippen LogP contribution is 2.32. The zero-order chi connectivity index (χ0) is 23.6. The van der Waals surface area contributed by atoms with Crippen molar-refractivity contribution in [3.63, 3.8) is 0 Å². The van der Waals surface area contributed by atoms with E-state index in [4.69, 9.17) is 18.9 Å². The molecule has 33 heavy (non-hydrogen) atoms. The van der Waals surface area contributed by atoms with Crippen molar-refractivity contribution in [3.8, 4) is 23.0 Å². The Hall–Kier alpha value is -3.22. The van der Waals surface area contributed by atoms with Crippen LogP contribution in [0.3, 0.4) is 0 Å². The lowest BCUT2D eigenvalue weighted by molar-refractivity contribution is -0.130. The van der Waals surface area contributed by atoms with E-state index in [0.717, 1.165) is 54.9 Å². The highest BCUT2D eigenvalue weighted by Gasteiger charge is 2.22. The van der Waals surface area contributed by atoms with Gasteiger partial charge in [-0.05, 0) is 66.6 Å². The molecule has 1 aliphatic heterocycles. The number of amides is 1. The van der Waals surface area contributed by atoms with E-state index >= 15 is 0 Å². The molecule has 0 aliphatic carbocycles. The van der Waals surface area contributed by atoms with Gasteiger partial charge >= 0.3 is 0 Å². The summed E-state index contributed by atoms with van der Waals surface area (Å²) in [5.74, 6) is 3.00. The Labute approximate surface area is 196 Å². The molecule has 0 N–H and O–H groups in total. The van der Waals surface area contributed by atoms with Gasteiger partial charge in [0.1, 0.15) is 0 Å². The lowest BCUT2D eigenvalue weighted by atomic mass is 10.0. The highest BCUT2D eigenvalue weighted by atomic mass is 16.5. The van der Waals surface area contributed by atoms with Crippen LogP contribution in [-0.2, 0) is 24.1 Å². The molecule has 1 aliphatic rings. The molecule has 2 aromatic rings. The van der Waals surface area contributed by atoms with Gasteiger partial charge in [0, 0.05) is 25.8 Å². The molecule has 0 fully saturated rings. The first kappa shape index (κ1) is 24.4. The van der Waals surface area contributed by atoms with Gasteiger partial charge in [-0.15, -0.1) is 0 Å². The number of aryl methyl sites for hydroxylation is 1. The third kappa shape index (κ3) is 6.40. The normalized spacial score (nSPS) is 13.6. The van der Waals surface area contributed by atoms with Crippen LogP contribution < -0.4 is 18.9 Å². The topological polar surface area (TPSA) is 69.6 Å². The number of fused-ring (bicyclic) bond motifs is 1. The third-order valence-electron chi connectivity index (χ3n) is 5.91. The van der Waals surface area contributed by atoms with Gasteiger partial charge in [-0.3, -0.25) is 9.79 Å². The number of rotatable bonds is 11. The molecule has 0 bridgehead atoms. The summed E-state index contributed by atoms with van der Waals surface area (Å²) in [7, 11) is 6.53. The molecule has 2 aromatic carbocycles. The second kappa shape index (κ2) is 12.1. The molecule has 0 atom stereocenters. The van der Waals surface area contributed by atoms with E-state index in [2.05, 4.69) is 11.1 Å². The fourth-order valence-electron chi connectivity index (χ4n) is 4.06. The van der Waals surface area contributed by atoms with Gasteiger partial charge < -0.3 is 23.8 Å². The van der Waals surface area contributed by atoms with Gasteiger partial charge in [-0.1, -0.05) is 6.07 Å². The largest absolute Gasteiger partial charge is 0.493 e. The Balaban J connectivity index is 1.43. The van der Waals surface area contributed by atoms with Crippen molar-refractivity contribution in [2.24, 2.45) is 4.99 Å². The van der Waals surface area contributed by atoms with Gasteiger partial charge in [0.15, 0.2) is 23.0 Å². The fourth-order valence-corrected chi connectivity index (χ4v) is 4.06. The van der Waals surface area contributed by atoms with Crippen LogP contribution in [0.15, 0.2) is 35.3 Å². The zero-order valence-corrected chi connectivity index (χ0v) is 20.1. The van der Waals surface area contributed by atoms with E-state index in [1.54, 1.807) is 28.4 Å². The average Bonchev–Trinajstić information content (AvgIpc) is 2.99. The maximum atomic E-state index is 12.7. The molecule has 7 nitrogen and oxygen atoms in total. The van der Waals surface area contributed by atoms with Crippen LogP contribution in [0.1, 0.15) is 29.5 Å². The van der Waals surface area contributed by atoms with Crippen molar-refractivity contribution in [2.75, 3.05) is 48.1 Å². The predicted molar refractivity (Wildman–Crippen MR) is 129 cm³/mol. The number of hydrogen-bond acceptors (Lipinski definition) is 6. The molecule has 3 rings (SSSR count). The lowest BCUT2D eigenvalue weighted by Gasteiger charge is -2.19. The number of hydrogen-bond donors (Lipinski definition) is 0. The van der Waals surface area contributed by atoms with Gasteiger partial charge in [0.2, 0.25) is 5.91 Å². The van der Waals surface area contributed by atoms with Crippen molar-refractivity contribution in [1.29, 1.82) is 0 Å². The summed E-state index contributed by atoms with van der Waals surface area (Å²) >= 11 is 0. The van der Waals surface area contributed by atoms with Crippen molar-refractivity contribution in [1.82, 2.24) is 4.90 Å². The number of carbonyl (C=O) groups is 1. The van der Waals surface area contributed by atoms with Crippen molar-refractivity contribution < 1.29 is 23.7 Å². The van der Waals surface area contributed by atoms with Crippen molar-refractivity contribution >= 4 is 12.1 Å². The molecule has 0 aromatic heterocycles. The summed E-state index contributed by atoms with van der Waals surface area (Å²) in [4.78, 5) is 19.2. The Morgan fingerprint density at radius 3 is 2.27 bits per heavy atom. The van der Waals surface area contributed by atoms with Gasteiger partial charge in [-0.2, -0.15) is 0 Å². The molecular formula is C26H34N2O5. The van der Waals surface area contributed by atoms with E-state index < -0.39 is 0 Å². The van der Waals surface area contributed by atoms with Crippen LogP contribution in [0.2, 0.25) is 0 Å². The first-order valence-electron chi connectivity index (χ1n) is 11.3. The van der Waals surface area contributed by atoms with Crippen LogP contribution in [-0.4, -0.2) is 65.1 Å². The minimum absolute atomic E-state index is 0.142. The van der Waals surface area contributed by atoms with Gasteiger partial charge in [0.25, 0.3) is 0 Å². The lowest BCUT2D eigenvalue weighted by Crippen LogP contribution is -2.33. The number of ether oxygens (including phenoxy) is 4. The SMILES string of the molecule is COc1ccc(CCCN=CCCN2CCc3cc(OC)c(OC)cc3CC2=O)cc1OC. The monoisotopic (exact) mass is 454 g/mol. The standard InChI is InChI=1S/C26H34N2O5/c1-30-22-9-8-19(15-23(22)31-2)7-5-11-27-12-6-13-28-14-10-20-16-24(32-3)25(33-4)17-21(20)18-26(28)29/h8-9,12,15-17H,5-7,10-11,13-14,18H2,1-4H3. The molecular weight excluding hydrogens is 420 g/mol. The fraction of sp³-hybridized carbons (Fsp3) is 0.462. The Kier molecular flexibility index (Phi) is 8.98. The number of carbonyl (C=O) groups excluding carboxylic acids is 1. The van der Waals surface area contributed by atoms with Gasteiger partial charge in [0.05, 0.1) is 34.9 Å². The summed E-state index contributed by atoms with van der Waals surface area (Å²) in [6.45, 7) is 2.14. The van der Waals surface area contributed by atoms with E-state index in [0.29, 0.717) is 31.0 Å². The summed E-state index contributed by atoms with van der Waals surface area (Å²) in [6.07, 6.45) is 5.76. The van der Waals surface area contributed by atoms with Crippen molar-refractivity contribution in [2.45, 2.75) is 32.1 Å². The predicted octanol–water partition coefficient (Wildman–Crippen LogP) is 3.74. The second-order valence-corrected chi connectivity index (χ2v) is 7.95.